The number of ether oxygens (including phenoxy) is 1. The van der Waals surface area contributed by atoms with Crippen LogP contribution in [0.15, 0.2) is 54.7 Å². The smallest absolute Gasteiger partial charge is 0.153 e. The summed E-state index contributed by atoms with van der Waals surface area (Å²) in [6.45, 7) is 0. The Hall–Kier alpha value is -2.26. The van der Waals surface area contributed by atoms with Crippen molar-refractivity contribution in [1.29, 1.82) is 0 Å². The topological polar surface area (TPSA) is 48.1 Å². The molecule has 0 bridgehead atoms. The molecule has 0 unspecified atom stereocenters. The zero-order valence-electron chi connectivity index (χ0n) is 10.0. The first-order chi connectivity index (χ1) is 9.25. The molecule has 2 aromatic carbocycles. The normalized spacial score (nSPS) is 10.6. The molecule has 0 fully saturated rings. The van der Waals surface area contributed by atoms with Crippen molar-refractivity contribution >= 4 is 28.2 Å². The Bertz CT molecular complexity index is 743. The van der Waals surface area contributed by atoms with E-state index in [1.54, 1.807) is 24.4 Å². The molecule has 3 aromatic rings. The predicted octanol–water partition coefficient (Wildman–Crippen LogP) is 4.26. The lowest BCUT2D eigenvalue weighted by Crippen LogP contribution is -1.93. The van der Waals surface area contributed by atoms with Gasteiger partial charge in [0, 0.05) is 11.6 Å². The number of nitrogens with two attached hydrogens (primary N) is 1. The molecule has 0 amide bonds. The van der Waals surface area contributed by atoms with Crippen molar-refractivity contribution in [3.8, 4) is 11.5 Å². The minimum Gasteiger partial charge on any atom is -0.453 e. The molecule has 0 radical (unpaired) electrons. The monoisotopic (exact) mass is 270 g/mol. The van der Waals surface area contributed by atoms with E-state index < -0.39 is 0 Å². The number of hydrogen-bond acceptors (Lipinski definition) is 3. The lowest BCUT2D eigenvalue weighted by Gasteiger charge is -2.10. The second-order valence-corrected chi connectivity index (χ2v) is 4.49. The summed E-state index contributed by atoms with van der Waals surface area (Å²) in [6.07, 6.45) is 1.71. The van der Waals surface area contributed by atoms with Gasteiger partial charge in [0.15, 0.2) is 5.75 Å². The largest absolute Gasteiger partial charge is 0.453 e. The molecule has 3 nitrogen and oxygen atoms in total. The average molecular weight is 271 g/mol. The van der Waals surface area contributed by atoms with Crippen LogP contribution in [0, 0.1) is 0 Å². The van der Waals surface area contributed by atoms with Gasteiger partial charge in [0.1, 0.15) is 11.3 Å². The van der Waals surface area contributed by atoms with E-state index in [2.05, 4.69) is 4.98 Å². The van der Waals surface area contributed by atoms with E-state index in [-0.39, 0.29) is 0 Å². The molecule has 0 saturated carbocycles. The number of fused-ring (bicyclic) bond motifs is 1. The highest BCUT2D eigenvalue weighted by Crippen LogP contribution is 2.34. The summed E-state index contributed by atoms with van der Waals surface area (Å²) < 4.78 is 5.83. The first-order valence-corrected chi connectivity index (χ1v) is 6.19. The van der Waals surface area contributed by atoms with Gasteiger partial charge in [-0.1, -0.05) is 23.7 Å². The molecule has 1 aromatic heterocycles. The van der Waals surface area contributed by atoms with Gasteiger partial charge in [-0.15, -0.1) is 0 Å². The zero-order chi connectivity index (χ0) is 13.2. The molecule has 94 valence electrons. The van der Waals surface area contributed by atoms with Crippen molar-refractivity contribution < 1.29 is 4.74 Å². The third-order valence-corrected chi connectivity index (χ3v) is 3.15. The van der Waals surface area contributed by atoms with Gasteiger partial charge in [0.2, 0.25) is 0 Å². The standard InChI is InChI=1S/C15H11ClN2O/c16-11-7-8-14(15-10(11)4-3-9-18-15)19-13-6-2-1-5-12(13)17/h1-9H,17H2. The maximum Gasteiger partial charge on any atom is 0.153 e. The highest BCUT2D eigenvalue weighted by Gasteiger charge is 2.08. The number of nitrogen functional groups attached to an aromatic ring is 1. The van der Waals surface area contributed by atoms with E-state index in [0.717, 1.165) is 10.9 Å². The van der Waals surface area contributed by atoms with Crippen LogP contribution in [0.1, 0.15) is 0 Å². The molecule has 4 heteroatoms. The number of aromatic nitrogens is 1. The molecule has 19 heavy (non-hydrogen) atoms. The molecule has 2 N–H and O–H groups in total. The van der Waals surface area contributed by atoms with E-state index in [0.29, 0.717) is 22.2 Å². The Morgan fingerprint density at radius 2 is 1.79 bits per heavy atom. The molecule has 1 heterocycles. The fourth-order valence-electron chi connectivity index (χ4n) is 1.89. The first-order valence-electron chi connectivity index (χ1n) is 5.81. The summed E-state index contributed by atoms with van der Waals surface area (Å²) >= 11 is 6.14. The second kappa shape index (κ2) is 4.78. The van der Waals surface area contributed by atoms with E-state index in [1.807, 2.05) is 30.3 Å². The summed E-state index contributed by atoms with van der Waals surface area (Å²) in [5.41, 5.74) is 7.18. The number of anilines is 1. The number of pyridine rings is 1. The van der Waals surface area contributed by atoms with E-state index in [4.69, 9.17) is 22.1 Å². The van der Waals surface area contributed by atoms with Crippen LogP contribution >= 0.6 is 11.6 Å². The second-order valence-electron chi connectivity index (χ2n) is 4.08. The molecule has 0 aliphatic carbocycles. The first kappa shape index (κ1) is 11.8. The third kappa shape index (κ3) is 2.20. The minimum atomic E-state index is 0.585. The Morgan fingerprint density at radius 1 is 0.947 bits per heavy atom. The zero-order valence-corrected chi connectivity index (χ0v) is 10.8. The number of hydrogen-bond donors (Lipinski definition) is 1. The van der Waals surface area contributed by atoms with Crippen LogP contribution in [0.4, 0.5) is 5.69 Å². The predicted molar refractivity (Wildman–Crippen MR) is 77.7 cm³/mol. The van der Waals surface area contributed by atoms with Gasteiger partial charge < -0.3 is 10.5 Å². The molecular formula is C15H11ClN2O. The number of benzene rings is 2. The van der Waals surface area contributed by atoms with Crippen LogP contribution in [-0.2, 0) is 0 Å². The molecule has 3 rings (SSSR count). The summed E-state index contributed by atoms with van der Waals surface area (Å²) in [4.78, 5) is 4.32. The molecule has 0 saturated heterocycles. The van der Waals surface area contributed by atoms with Crippen molar-refractivity contribution in [3.05, 3.63) is 59.8 Å². The maximum atomic E-state index is 6.14. The Labute approximate surface area is 115 Å². The number of halogens is 1. The Kier molecular flexibility index (Phi) is 2.97. The summed E-state index contributed by atoms with van der Waals surface area (Å²) in [5.74, 6) is 1.25. The van der Waals surface area contributed by atoms with Crippen molar-refractivity contribution in [1.82, 2.24) is 4.98 Å². The summed E-state index contributed by atoms with van der Waals surface area (Å²) in [5, 5.41) is 1.51. The van der Waals surface area contributed by atoms with Gasteiger partial charge in [-0.3, -0.25) is 4.98 Å². The fraction of sp³-hybridized carbons (Fsp3) is 0. The molecule has 0 aliphatic rings. The van der Waals surface area contributed by atoms with Crippen LogP contribution in [0.25, 0.3) is 10.9 Å². The summed E-state index contributed by atoms with van der Waals surface area (Å²) in [7, 11) is 0. The molecule has 0 spiro atoms. The van der Waals surface area contributed by atoms with Crippen LogP contribution in [0.2, 0.25) is 5.02 Å². The Morgan fingerprint density at radius 3 is 2.63 bits per heavy atom. The average Bonchev–Trinajstić information content (AvgIpc) is 2.44. The van der Waals surface area contributed by atoms with Gasteiger partial charge in [0.25, 0.3) is 0 Å². The van der Waals surface area contributed by atoms with Gasteiger partial charge >= 0.3 is 0 Å². The van der Waals surface area contributed by atoms with Crippen LogP contribution in [0.5, 0.6) is 11.5 Å². The highest BCUT2D eigenvalue weighted by molar-refractivity contribution is 6.35. The van der Waals surface area contributed by atoms with Gasteiger partial charge in [0.05, 0.1) is 10.7 Å². The lowest BCUT2D eigenvalue weighted by molar-refractivity contribution is 0.489. The van der Waals surface area contributed by atoms with Crippen molar-refractivity contribution in [2.45, 2.75) is 0 Å². The molecule has 0 aliphatic heterocycles. The van der Waals surface area contributed by atoms with Crippen molar-refractivity contribution in [2.24, 2.45) is 0 Å². The molecular weight excluding hydrogens is 260 g/mol. The SMILES string of the molecule is Nc1ccccc1Oc1ccc(Cl)c2cccnc12. The van der Waals surface area contributed by atoms with Gasteiger partial charge in [-0.2, -0.15) is 0 Å². The van der Waals surface area contributed by atoms with Crippen LogP contribution < -0.4 is 10.5 Å². The van der Waals surface area contributed by atoms with Crippen LogP contribution in [0.3, 0.4) is 0 Å². The number of rotatable bonds is 2. The number of nitrogens with zero attached hydrogens (tertiary/aromatic N) is 1. The molecule has 0 atom stereocenters. The minimum absolute atomic E-state index is 0.585. The highest BCUT2D eigenvalue weighted by atomic mass is 35.5. The van der Waals surface area contributed by atoms with Crippen molar-refractivity contribution in [3.63, 3.8) is 0 Å². The van der Waals surface area contributed by atoms with Gasteiger partial charge in [-0.25, -0.2) is 0 Å². The lowest BCUT2D eigenvalue weighted by atomic mass is 10.2. The van der Waals surface area contributed by atoms with E-state index >= 15 is 0 Å². The fourth-order valence-corrected chi connectivity index (χ4v) is 2.10. The van der Waals surface area contributed by atoms with E-state index in [1.165, 1.54) is 0 Å². The van der Waals surface area contributed by atoms with E-state index in [9.17, 15) is 0 Å². The summed E-state index contributed by atoms with van der Waals surface area (Å²) in [6, 6.07) is 14.7. The van der Waals surface area contributed by atoms with Crippen LogP contribution in [-0.4, -0.2) is 4.98 Å². The Balaban J connectivity index is 2.12. The number of para-hydroxylation sites is 2. The van der Waals surface area contributed by atoms with Crippen molar-refractivity contribution in [2.75, 3.05) is 5.73 Å². The third-order valence-electron chi connectivity index (χ3n) is 2.82. The van der Waals surface area contributed by atoms with Gasteiger partial charge in [-0.05, 0) is 36.4 Å². The maximum absolute atomic E-state index is 6.14. The quantitative estimate of drug-likeness (QED) is 0.708.